The number of carbonyl (C=O) groups is 1. The van der Waals surface area contributed by atoms with Crippen molar-refractivity contribution in [3.05, 3.63) is 40.6 Å². The Hall–Kier alpha value is -2.21. The average Bonchev–Trinajstić information content (AvgIpc) is 2.97. The summed E-state index contributed by atoms with van der Waals surface area (Å²) in [6.45, 7) is 3.86. The molecule has 0 radical (unpaired) electrons. The lowest BCUT2D eigenvalue weighted by molar-refractivity contribution is -0.115. The van der Waals surface area contributed by atoms with E-state index < -0.39 is 0 Å². The molecule has 3 aromatic rings. The number of anilines is 1. The molecule has 0 unspecified atom stereocenters. The van der Waals surface area contributed by atoms with Crippen molar-refractivity contribution in [1.82, 2.24) is 10.2 Å². The molecular weight excluding hydrogens is 274 g/mol. The maximum absolute atomic E-state index is 12.0. The van der Waals surface area contributed by atoms with Crippen LogP contribution in [-0.4, -0.2) is 16.1 Å². The van der Waals surface area contributed by atoms with Gasteiger partial charge >= 0.3 is 0 Å². The molecule has 2 aromatic heterocycles. The van der Waals surface area contributed by atoms with E-state index in [9.17, 15) is 4.79 Å². The fourth-order valence-corrected chi connectivity index (χ4v) is 2.62. The van der Waals surface area contributed by atoms with Gasteiger partial charge in [0.15, 0.2) is 0 Å². The quantitative estimate of drug-likeness (QED) is 0.803. The van der Waals surface area contributed by atoms with Crippen LogP contribution in [0.2, 0.25) is 0 Å². The highest BCUT2D eigenvalue weighted by Crippen LogP contribution is 2.23. The molecule has 102 valence electrons. The minimum atomic E-state index is -0.120. The number of nitrogens with zero attached hydrogens (tertiary/aromatic N) is 2. The van der Waals surface area contributed by atoms with Gasteiger partial charge < -0.3 is 9.73 Å². The molecule has 1 amide bonds. The summed E-state index contributed by atoms with van der Waals surface area (Å²) < 4.78 is 5.45. The van der Waals surface area contributed by atoms with Crippen molar-refractivity contribution in [3.63, 3.8) is 0 Å². The molecule has 0 aliphatic rings. The number of benzene rings is 1. The zero-order valence-electron chi connectivity index (χ0n) is 11.1. The van der Waals surface area contributed by atoms with Crippen LogP contribution in [0.15, 0.2) is 28.9 Å². The van der Waals surface area contributed by atoms with Gasteiger partial charge in [0.1, 0.15) is 10.6 Å². The van der Waals surface area contributed by atoms with Gasteiger partial charge in [0.2, 0.25) is 11.0 Å². The average molecular weight is 287 g/mol. The SMILES string of the molecule is Cc1ccc2occ(CC(=O)Nc3nnc(C)s3)c2c1. The van der Waals surface area contributed by atoms with Crippen LogP contribution in [0, 0.1) is 13.8 Å². The second-order valence-electron chi connectivity index (χ2n) is 4.61. The summed E-state index contributed by atoms with van der Waals surface area (Å²) in [6.07, 6.45) is 1.89. The molecule has 20 heavy (non-hydrogen) atoms. The van der Waals surface area contributed by atoms with Crippen LogP contribution in [0.1, 0.15) is 16.1 Å². The summed E-state index contributed by atoms with van der Waals surface area (Å²) in [7, 11) is 0. The molecule has 1 aromatic carbocycles. The number of aromatic nitrogens is 2. The summed E-state index contributed by atoms with van der Waals surface area (Å²) in [6, 6.07) is 5.93. The first-order chi connectivity index (χ1) is 9.61. The van der Waals surface area contributed by atoms with Crippen molar-refractivity contribution < 1.29 is 9.21 Å². The Labute approximate surface area is 119 Å². The third-order valence-corrected chi connectivity index (χ3v) is 3.69. The van der Waals surface area contributed by atoms with Crippen LogP contribution in [0.3, 0.4) is 0 Å². The zero-order valence-corrected chi connectivity index (χ0v) is 12.0. The molecule has 0 spiro atoms. The molecule has 6 heteroatoms. The monoisotopic (exact) mass is 287 g/mol. The first kappa shape index (κ1) is 12.8. The normalized spacial score (nSPS) is 10.9. The van der Waals surface area contributed by atoms with Gasteiger partial charge in [0.05, 0.1) is 12.7 Å². The maximum Gasteiger partial charge on any atom is 0.230 e. The molecule has 3 rings (SSSR count). The molecule has 0 aliphatic heterocycles. The minimum Gasteiger partial charge on any atom is -0.464 e. The minimum absolute atomic E-state index is 0.120. The Morgan fingerprint density at radius 2 is 2.20 bits per heavy atom. The van der Waals surface area contributed by atoms with Gasteiger partial charge in [-0.2, -0.15) is 0 Å². The van der Waals surface area contributed by atoms with Gasteiger partial charge in [0, 0.05) is 10.9 Å². The van der Waals surface area contributed by atoms with E-state index in [1.54, 1.807) is 6.26 Å². The van der Waals surface area contributed by atoms with Crippen molar-refractivity contribution in [2.45, 2.75) is 20.3 Å². The zero-order chi connectivity index (χ0) is 14.1. The third kappa shape index (κ3) is 2.55. The predicted octanol–water partition coefficient (Wildman–Crippen LogP) is 3.08. The van der Waals surface area contributed by atoms with Crippen LogP contribution >= 0.6 is 11.3 Å². The topological polar surface area (TPSA) is 68.0 Å². The smallest absolute Gasteiger partial charge is 0.230 e. The fourth-order valence-electron chi connectivity index (χ4n) is 2.02. The van der Waals surface area contributed by atoms with E-state index in [0.717, 1.165) is 27.1 Å². The predicted molar refractivity (Wildman–Crippen MR) is 77.9 cm³/mol. The molecule has 0 atom stereocenters. The Bertz CT molecular complexity index is 776. The van der Waals surface area contributed by atoms with E-state index in [-0.39, 0.29) is 12.3 Å². The standard InChI is InChI=1S/C14H13N3O2S/c1-8-3-4-12-11(5-8)10(7-19-12)6-13(18)15-14-17-16-9(2)20-14/h3-5,7H,6H2,1-2H3,(H,15,17,18). The number of rotatable bonds is 3. The lowest BCUT2D eigenvalue weighted by Crippen LogP contribution is -2.14. The van der Waals surface area contributed by atoms with Gasteiger partial charge in [-0.05, 0) is 26.0 Å². The van der Waals surface area contributed by atoms with Crippen LogP contribution in [0.5, 0.6) is 0 Å². The Morgan fingerprint density at radius 1 is 1.35 bits per heavy atom. The molecule has 0 aliphatic carbocycles. The molecule has 0 saturated heterocycles. The van der Waals surface area contributed by atoms with Crippen molar-refractivity contribution >= 4 is 33.3 Å². The van der Waals surface area contributed by atoms with E-state index in [4.69, 9.17) is 4.42 Å². The molecular formula is C14H13N3O2S. The largest absolute Gasteiger partial charge is 0.464 e. The van der Waals surface area contributed by atoms with Gasteiger partial charge in [-0.1, -0.05) is 23.0 Å². The van der Waals surface area contributed by atoms with Crippen molar-refractivity contribution in [2.24, 2.45) is 0 Å². The Balaban J connectivity index is 1.79. The second-order valence-corrected chi connectivity index (χ2v) is 5.79. The van der Waals surface area contributed by atoms with E-state index in [1.165, 1.54) is 11.3 Å². The highest BCUT2D eigenvalue weighted by molar-refractivity contribution is 7.15. The van der Waals surface area contributed by atoms with Crippen LogP contribution in [0.4, 0.5) is 5.13 Å². The first-order valence-corrected chi connectivity index (χ1v) is 7.00. The summed E-state index contributed by atoms with van der Waals surface area (Å²) in [5.41, 5.74) is 2.81. The molecule has 0 bridgehead atoms. The second kappa shape index (κ2) is 5.05. The number of amides is 1. The van der Waals surface area contributed by atoms with E-state index in [2.05, 4.69) is 15.5 Å². The molecule has 1 N–H and O–H groups in total. The highest BCUT2D eigenvalue weighted by atomic mass is 32.1. The van der Waals surface area contributed by atoms with E-state index >= 15 is 0 Å². The van der Waals surface area contributed by atoms with Gasteiger partial charge in [-0.3, -0.25) is 4.79 Å². The summed E-state index contributed by atoms with van der Waals surface area (Å²) in [4.78, 5) is 12.0. The van der Waals surface area contributed by atoms with Crippen LogP contribution < -0.4 is 5.32 Å². The Kier molecular flexibility index (Phi) is 3.23. The van der Waals surface area contributed by atoms with Crippen molar-refractivity contribution in [2.75, 3.05) is 5.32 Å². The fraction of sp³-hybridized carbons (Fsp3) is 0.214. The number of carbonyl (C=O) groups excluding carboxylic acids is 1. The van der Waals surface area contributed by atoms with Crippen LogP contribution in [0.25, 0.3) is 11.0 Å². The first-order valence-electron chi connectivity index (χ1n) is 6.18. The lowest BCUT2D eigenvalue weighted by Gasteiger charge is -2.00. The van der Waals surface area contributed by atoms with Gasteiger partial charge in [0.25, 0.3) is 0 Å². The van der Waals surface area contributed by atoms with Crippen molar-refractivity contribution in [1.29, 1.82) is 0 Å². The molecule has 2 heterocycles. The van der Waals surface area contributed by atoms with Crippen LogP contribution in [-0.2, 0) is 11.2 Å². The van der Waals surface area contributed by atoms with Gasteiger partial charge in [-0.15, -0.1) is 10.2 Å². The third-order valence-electron chi connectivity index (χ3n) is 2.93. The summed E-state index contributed by atoms with van der Waals surface area (Å²) in [5.74, 6) is -0.120. The molecule has 0 saturated carbocycles. The number of fused-ring (bicyclic) bond motifs is 1. The Morgan fingerprint density at radius 3 is 2.95 bits per heavy atom. The summed E-state index contributed by atoms with van der Waals surface area (Å²) >= 11 is 1.36. The van der Waals surface area contributed by atoms with E-state index in [1.807, 2.05) is 32.0 Å². The molecule has 0 fully saturated rings. The number of nitrogens with one attached hydrogen (secondary N) is 1. The van der Waals surface area contributed by atoms with E-state index in [0.29, 0.717) is 5.13 Å². The number of hydrogen-bond donors (Lipinski definition) is 1. The lowest BCUT2D eigenvalue weighted by atomic mass is 10.1. The number of furan rings is 1. The number of hydrogen-bond acceptors (Lipinski definition) is 5. The summed E-state index contributed by atoms with van der Waals surface area (Å²) in [5, 5.41) is 12.8. The molecule has 5 nitrogen and oxygen atoms in total. The highest BCUT2D eigenvalue weighted by Gasteiger charge is 2.12. The number of aryl methyl sites for hydroxylation is 2. The van der Waals surface area contributed by atoms with Gasteiger partial charge in [-0.25, -0.2) is 0 Å². The van der Waals surface area contributed by atoms with Crippen molar-refractivity contribution in [3.8, 4) is 0 Å². The maximum atomic E-state index is 12.0.